The maximum atomic E-state index is 5.10. The number of rotatable bonds is 3. The van der Waals surface area contributed by atoms with E-state index in [1.807, 2.05) is 59.7 Å². The fourth-order valence-corrected chi connectivity index (χ4v) is 2.87. The van der Waals surface area contributed by atoms with Crippen LogP contribution in [-0.4, -0.2) is 45.5 Å². The first-order valence-electron chi connectivity index (χ1n) is 14.1. The monoisotopic (exact) mass is 2030 g/mol. The van der Waals surface area contributed by atoms with E-state index in [1.54, 1.807) is 36.4 Å². The molecule has 12 nitrogen and oxygen atoms in total. The molecule has 0 N–H and O–H groups in total. The van der Waals surface area contributed by atoms with Crippen LogP contribution in [0.15, 0.2) is 67.8 Å². The summed E-state index contributed by atoms with van der Waals surface area (Å²) in [6.07, 6.45) is 0. The topological polar surface area (TPSA) is 155 Å². The van der Waals surface area contributed by atoms with Crippen LogP contribution in [0.5, 0.6) is 0 Å². The summed E-state index contributed by atoms with van der Waals surface area (Å²) in [5.41, 5.74) is 3.86. The average molecular weight is 2030 g/mol. The van der Waals surface area contributed by atoms with Crippen molar-refractivity contribution < 1.29 is 537 Å². The van der Waals surface area contributed by atoms with Crippen LogP contribution in [0, 0.1) is 41.5 Å². The normalized spacial score (nSPS) is 6.79. The third kappa shape index (κ3) is 53.5. The van der Waals surface area contributed by atoms with E-state index in [4.69, 9.17) is 13.3 Å². The molecule has 0 aliphatic heterocycles. The Labute approximate surface area is 768 Å². The van der Waals surface area contributed by atoms with E-state index in [-0.39, 0.29) is 541 Å². The van der Waals surface area contributed by atoms with E-state index in [0.717, 1.165) is 0 Å². The van der Waals surface area contributed by atoms with Gasteiger partial charge >= 0.3 is 0 Å². The van der Waals surface area contributed by atoms with Crippen LogP contribution in [0.2, 0.25) is 0 Å². The van der Waals surface area contributed by atoms with Gasteiger partial charge in [-0.25, -0.2) is 20.8 Å². The van der Waals surface area contributed by atoms with Crippen molar-refractivity contribution in [2.24, 2.45) is 0 Å². The predicted molar refractivity (Wildman–Crippen MR) is 173 cm³/mol. The van der Waals surface area contributed by atoms with Crippen molar-refractivity contribution in [2.75, 3.05) is 0 Å². The molecule has 0 amide bonds. The molecule has 6 aromatic heterocycles. The fourth-order valence-electron chi connectivity index (χ4n) is 2.87. The number of nitrogens with zero attached hydrogens (tertiary/aromatic N) is 9. The van der Waals surface area contributed by atoms with Crippen molar-refractivity contribution in [3.63, 3.8) is 0 Å². The third-order valence-corrected chi connectivity index (χ3v) is 4.48. The average Bonchev–Trinajstić information content (AvgIpc) is 3.82. The first kappa shape index (κ1) is 116. The van der Waals surface area contributed by atoms with E-state index in [1.165, 1.54) is 0 Å². The minimum Gasteiger partial charge on any atom is -0.452 e. The fraction of sp³-hybridized carbons (Fsp3) is 0.182. The summed E-state index contributed by atoms with van der Waals surface area (Å²) >= 11 is 0. The molecule has 0 fully saturated rings. The van der Waals surface area contributed by atoms with Gasteiger partial charge in [0.05, 0.1) is 17.7 Å². The zero-order valence-corrected chi connectivity index (χ0v) is 81.3. The van der Waals surface area contributed by atoms with E-state index < -0.39 is 0 Å². The molecule has 0 aromatic carbocycles. The Hall–Kier alpha value is 11.8. The van der Waals surface area contributed by atoms with E-state index >= 15 is 0 Å². The largest absolute Gasteiger partial charge is 0.452 e. The molecule has 0 unspecified atom stereocenters. The van der Waals surface area contributed by atoms with Gasteiger partial charge < -0.3 is 34.0 Å². The Balaban J connectivity index is -0.0000000298. The van der Waals surface area contributed by atoms with Crippen LogP contribution in [-0.2, 0) is 523 Å². The molecule has 288 valence electrons. The minimum absolute atomic E-state index is 0. The summed E-state index contributed by atoms with van der Waals surface area (Å²) in [5.74, 6) is 1.96. The molecule has 0 saturated carbocycles. The second-order valence-electron chi connectivity index (χ2n) is 7.55. The van der Waals surface area contributed by atoms with Crippen LogP contribution in [0.1, 0.15) is 76.3 Å². The van der Waals surface area contributed by atoms with Crippen LogP contribution in [0.3, 0.4) is 0 Å². The third-order valence-electron chi connectivity index (χ3n) is 4.48. The van der Waals surface area contributed by atoms with Crippen molar-refractivity contribution >= 4 is 0 Å². The summed E-state index contributed by atoms with van der Waals surface area (Å²) in [4.78, 5) is 12.4. The summed E-state index contributed by atoms with van der Waals surface area (Å²) in [7, 11) is 0. The molecular weight excluding hydrogens is 1990 g/mol. The molecule has 6 rings (SSSR count). The number of hydrogen-bond donors (Lipinski definition) is 0. The molecule has 6 aromatic rings. The first-order valence-corrected chi connectivity index (χ1v) is 14.1. The molecule has 0 atom stereocenters. The molecule has 6 heterocycles. The standard InChI is InChI=1S/3C9H7N3O.3C2H6.16Y/c3*1-6-4-3-5-8(10-6)9-12-11-7(2)13-9;3*1-2;;;;;;;;;;;;;;;;/h3*3-5H,1-2H2;3*1-2H3;;;;;;;;;;;;;;;;/q3*-2;;;;;;;;;;;;;;;;;;;. The minimum atomic E-state index is 0. The van der Waals surface area contributed by atoms with Gasteiger partial charge in [-0.1, -0.05) is 41.5 Å². The van der Waals surface area contributed by atoms with Crippen molar-refractivity contribution in [3.05, 3.63) is 131 Å². The molecule has 0 aliphatic carbocycles. The SMILES string of the molecule is CC.CC.CC.[CH2-]c1cccc(-c2nnc([CH2-])o2)n1.[CH2-]c1cccc(-c2nnc([CH2-])o2)n1.[CH2-]c1cccc(-c2nnc([CH2-])o2)n1.[Y].[Y].[Y].[Y].[Y].[Y].[Y].[Y].[Y].[Y].[Y].[Y].[Y].[Y].[Y].[Y]. The zero-order chi connectivity index (χ0) is 33.8. The van der Waals surface area contributed by atoms with Gasteiger partial charge in [0.25, 0.3) is 17.7 Å². The molecule has 0 saturated heterocycles. The van der Waals surface area contributed by atoms with Crippen molar-refractivity contribution in [1.82, 2.24) is 45.5 Å². The van der Waals surface area contributed by atoms with E-state index in [2.05, 4.69) is 87.1 Å². The number of aromatic nitrogens is 9. The summed E-state index contributed by atoms with van der Waals surface area (Å²) in [6.45, 7) is 33.6. The second kappa shape index (κ2) is 76.0. The van der Waals surface area contributed by atoms with Gasteiger partial charge in [-0.3, -0.25) is 15.0 Å². The Morgan fingerprint density at radius 3 is 0.607 bits per heavy atom. The number of pyridine rings is 3. The Morgan fingerprint density at radius 2 is 0.475 bits per heavy atom. The molecule has 0 spiro atoms. The summed E-state index contributed by atoms with van der Waals surface area (Å²) < 4.78 is 15.3. The van der Waals surface area contributed by atoms with Crippen LogP contribution < -0.4 is 0 Å². The van der Waals surface area contributed by atoms with Gasteiger partial charge in [0.2, 0.25) is 0 Å². The van der Waals surface area contributed by atoms with E-state index in [0.29, 0.717) is 51.8 Å². The Morgan fingerprint density at radius 1 is 0.295 bits per heavy atom. The predicted octanol–water partition coefficient (Wildman–Crippen LogP) is 7.53. The van der Waals surface area contributed by atoms with Crippen molar-refractivity contribution in [3.8, 4) is 34.8 Å². The van der Waals surface area contributed by atoms with Gasteiger partial charge in [-0.15, -0.1) is 65.9 Å². The zero-order valence-electron chi connectivity index (χ0n) is 35.9. The molecule has 0 bridgehead atoms. The Kier molecular flexibility index (Phi) is 145. The number of hydrogen-bond acceptors (Lipinski definition) is 12. The van der Waals surface area contributed by atoms with Gasteiger partial charge in [0.15, 0.2) is 0 Å². The second-order valence-corrected chi connectivity index (χ2v) is 7.55. The smallest absolute Gasteiger partial charge is 0.263 e. The maximum Gasteiger partial charge on any atom is 0.263 e. The van der Waals surface area contributed by atoms with Crippen LogP contribution in [0.25, 0.3) is 34.8 Å². The quantitative estimate of drug-likeness (QED) is 0.161. The van der Waals surface area contributed by atoms with Crippen molar-refractivity contribution in [2.45, 2.75) is 41.5 Å². The summed E-state index contributed by atoms with van der Waals surface area (Å²) in [5, 5.41) is 22.2. The molecule has 16 radical (unpaired) electrons. The molecular formula is C33H39N9O3Y16-6. The van der Waals surface area contributed by atoms with Crippen LogP contribution >= 0.6 is 0 Å². The Bertz CT molecular complexity index is 1510. The molecule has 0 aliphatic rings. The maximum absolute atomic E-state index is 5.10. The van der Waals surface area contributed by atoms with Crippen LogP contribution in [0.4, 0.5) is 0 Å². The summed E-state index contributed by atoms with van der Waals surface area (Å²) in [6, 6.07) is 16.2. The van der Waals surface area contributed by atoms with E-state index in [9.17, 15) is 0 Å². The van der Waals surface area contributed by atoms with Gasteiger partial charge in [-0.2, -0.15) is 18.2 Å². The first-order chi connectivity index (χ1) is 21.8. The molecule has 61 heavy (non-hydrogen) atoms. The van der Waals surface area contributed by atoms with Gasteiger partial charge in [0.1, 0.15) is 17.1 Å². The molecule has 28 heteroatoms. The van der Waals surface area contributed by atoms with Gasteiger partial charge in [0, 0.05) is 523 Å². The van der Waals surface area contributed by atoms with Crippen molar-refractivity contribution in [1.29, 1.82) is 0 Å². The van der Waals surface area contributed by atoms with Gasteiger partial charge in [-0.05, 0) is 18.2 Å².